The van der Waals surface area contributed by atoms with Crippen LogP contribution in [0.3, 0.4) is 0 Å². The number of carbonyl (C=O) groups is 1. The van der Waals surface area contributed by atoms with Gasteiger partial charge in [0.15, 0.2) is 5.82 Å². The molecule has 2 aromatic heterocycles. The van der Waals surface area contributed by atoms with Gasteiger partial charge in [0.05, 0.1) is 0 Å². The number of carbonyl (C=O) groups excluding carboxylic acids is 1. The molecule has 0 radical (unpaired) electrons. The van der Waals surface area contributed by atoms with E-state index in [9.17, 15) is 4.79 Å². The molecular formula is C18H17ClN6O. The highest BCUT2D eigenvalue weighted by atomic mass is 35.5. The van der Waals surface area contributed by atoms with E-state index >= 15 is 0 Å². The molecule has 1 aliphatic heterocycles. The lowest BCUT2D eigenvalue weighted by Gasteiger charge is -2.35. The lowest BCUT2D eigenvalue weighted by Crippen LogP contribution is -2.49. The summed E-state index contributed by atoms with van der Waals surface area (Å²) in [6.45, 7) is 2.68. The van der Waals surface area contributed by atoms with E-state index in [0.717, 1.165) is 11.6 Å². The van der Waals surface area contributed by atoms with Crippen LogP contribution in [0.1, 0.15) is 10.4 Å². The van der Waals surface area contributed by atoms with Gasteiger partial charge in [-0.2, -0.15) is 5.10 Å². The average Bonchev–Trinajstić information content (AvgIpc) is 3.23. The highest BCUT2D eigenvalue weighted by Crippen LogP contribution is 2.18. The number of hydrogen-bond acceptors (Lipinski definition) is 5. The van der Waals surface area contributed by atoms with E-state index in [0.29, 0.717) is 36.8 Å². The Morgan fingerprint density at radius 3 is 2.54 bits per heavy atom. The van der Waals surface area contributed by atoms with Crippen LogP contribution >= 0.6 is 11.6 Å². The van der Waals surface area contributed by atoms with Crippen LogP contribution < -0.4 is 4.90 Å². The van der Waals surface area contributed by atoms with Gasteiger partial charge in [0.2, 0.25) is 0 Å². The molecule has 1 aliphatic rings. The Morgan fingerprint density at radius 1 is 1.00 bits per heavy atom. The van der Waals surface area contributed by atoms with Gasteiger partial charge >= 0.3 is 0 Å². The van der Waals surface area contributed by atoms with E-state index in [-0.39, 0.29) is 5.91 Å². The van der Waals surface area contributed by atoms with Crippen LogP contribution in [0.15, 0.2) is 55.1 Å². The molecule has 1 saturated heterocycles. The monoisotopic (exact) mass is 368 g/mol. The van der Waals surface area contributed by atoms with Crippen LogP contribution in [-0.4, -0.2) is 56.7 Å². The number of amides is 1. The minimum atomic E-state index is 0.00654. The van der Waals surface area contributed by atoms with Gasteiger partial charge in [-0.15, -0.1) is 0 Å². The highest BCUT2D eigenvalue weighted by Gasteiger charge is 2.23. The zero-order valence-corrected chi connectivity index (χ0v) is 14.8. The van der Waals surface area contributed by atoms with Gasteiger partial charge < -0.3 is 9.80 Å². The van der Waals surface area contributed by atoms with E-state index in [1.54, 1.807) is 35.1 Å². The molecule has 132 valence electrons. The van der Waals surface area contributed by atoms with Gasteiger partial charge in [-0.1, -0.05) is 17.7 Å². The molecule has 8 heteroatoms. The van der Waals surface area contributed by atoms with Gasteiger partial charge in [-0.25, -0.2) is 14.6 Å². The zero-order chi connectivity index (χ0) is 17.9. The van der Waals surface area contributed by atoms with Crippen molar-refractivity contribution in [2.45, 2.75) is 0 Å². The van der Waals surface area contributed by atoms with Crippen molar-refractivity contribution in [2.24, 2.45) is 0 Å². The van der Waals surface area contributed by atoms with Gasteiger partial charge in [-0.3, -0.25) is 4.79 Å². The van der Waals surface area contributed by atoms with Gasteiger partial charge in [0, 0.05) is 55.2 Å². The number of aromatic nitrogens is 4. The summed E-state index contributed by atoms with van der Waals surface area (Å²) in [5, 5.41) is 4.76. The Hall–Kier alpha value is -2.93. The van der Waals surface area contributed by atoms with E-state index in [1.165, 1.54) is 6.33 Å². The smallest absolute Gasteiger partial charge is 0.254 e. The highest BCUT2D eigenvalue weighted by molar-refractivity contribution is 6.30. The molecule has 0 spiro atoms. The molecule has 3 heterocycles. The molecule has 0 atom stereocenters. The SMILES string of the molecule is O=C(c1cccc(Cl)c1)N1CCN(c2cc(-n3cccn3)ncn2)CC1. The van der Waals surface area contributed by atoms with E-state index < -0.39 is 0 Å². The third-order valence-corrected chi connectivity index (χ3v) is 4.57. The number of halogens is 1. The topological polar surface area (TPSA) is 67.2 Å². The minimum Gasteiger partial charge on any atom is -0.353 e. The fourth-order valence-electron chi connectivity index (χ4n) is 2.98. The molecule has 3 aromatic rings. The van der Waals surface area contributed by atoms with Gasteiger partial charge in [-0.05, 0) is 24.3 Å². The van der Waals surface area contributed by atoms with Crippen LogP contribution in [0.25, 0.3) is 5.82 Å². The predicted octanol–water partition coefficient (Wildman–Crippen LogP) is 2.28. The molecular weight excluding hydrogens is 352 g/mol. The molecule has 0 N–H and O–H groups in total. The summed E-state index contributed by atoms with van der Waals surface area (Å²) in [5.41, 5.74) is 0.619. The fraction of sp³-hybridized carbons (Fsp3) is 0.222. The first-order valence-corrected chi connectivity index (χ1v) is 8.70. The van der Waals surface area contributed by atoms with Crippen LogP contribution in [0.2, 0.25) is 5.02 Å². The zero-order valence-electron chi connectivity index (χ0n) is 14.0. The molecule has 26 heavy (non-hydrogen) atoms. The summed E-state index contributed by atoms with van der Waals surface area (Å²) in [5.74, 6) is 1.56. The van der Waals surface area contributed by atoms with Crippen molar-refractivity contribution >= 4 is 23.3 Å². The number of nitrogens with zero attached hydrogens (tertiary/aromatic N) is 6. The van der Waals surface area contributed by atoms with Crippen molar-refractivity contribution in [1.29, 1.82) is 0 Å². The fourth-order valence-corrected chi connectivity index (χ4v) is 3.17. The van der Waals surface area contributed by atoms with Crippen molar-refractivity contribution in [1.82, 2.24) is 24.6 Å². The first-order chi connectivity index (χ1) is 12.7. The van der Waals surface area contributed by atoms with E-state index in [1.807, 2.05) is 23.2 Å². The number of hydrogen-bond donors (Lipinski definition) is 0. The Kier molecular flexibility index (Phi) is 4.53. The minimum absolute atomic E-state index is 0.00654. The molecule has 0 bridgehead atoms. The molecule has 0 unspecified atom stereocenters. The number of piperazine rings is 1. The van der Waals surface area contributed by atoms with Crippen molar-refractivity contribution in [3.8, 4) is 5.82 Å². The molecule has 0 saturated carbocycles. The standard InChI is InChI=1S/C18H17ClN6O/c19-15-4-1-3-14(11-15)18(26)24-9-7-23(8-10-24)16-12-17(21-13-20-16)25-6-2-5-22-25/h1-6,11-13H,7-10H2. The molecule has 4 rings (SSSR count). The van der Waals surface area contributed by atoms with Crippen LogP contribution in [0.5, 0.6) is 0 Å². The summed E-state index contributed by atoms with van der Waals surface area (Å²) < 4.78 is 1.70. The lowest BCUT2D eigenvalue weighted by molar-refractivity contribution is 0.0746. The van der Waals surface area contributed by atoms with Gasteiger partial charge in [0.1, 0.15) is 12.1 Å². The summed E-state index contributed by atoms with van der Waals surface area (Å²) in [6, 6.07) is 10.8. The number of rotatable bonds is 3. The molecule has 1 amide bonds. The Balaban J connectivity index is 1.44. The van der Waals surface area contributed by atoms with Gasteiger partial charge in [0.25, 0.3) is 5.91 Å². The van der Waals surface area contributed by atoms with Crippen LogP contribution in [0, 0.1) is 0 Å². The maximum atomic E-state index is 12.6. The van der Waals surface area contributed by atoms with Crippen LogP contribution in [0.4, 0.5) is 5.82 Å². The Labute approximate surface area is 155 Å². The molecule has 0 aliphatic carbocycles. The quantitative estimate of drug-likeness (QED) is 0.709. The maximum Gasteiger partial charge on any atom is 0.254 e. The Morgan fingerprint density at radius 2 is 1.81 bits per heavy atom. The first-order valence-electron chi connectivity index (χ1n) is 8.32. The maximum absolute atomic E-state index is 12.6. The third kappa shape index (κ3) is 3.39. The Bertz CT molecular complexity index is 906. The second-order valence-electron chi connectivity index (χ2n) is 5.97. The summed E-state index contributed by atoms with van der Waals surface area (Å²) in [6.07, 6.45) is 5.09. The summed E-state index contributed by atoms with van der Waals surface area (Å²) in [4.78, 5) is 25.2. The normalized spacial score (nSPS) is 14.5. The second-order valence-corrected chi connectivity index (χ2v) is 6.41. The van der Waals surface area contributed by atoms with Crippen molar-refractivity contribution in [3.63, 3.8) is 0 Å². The van der Waals surface area contributed by atoms with Crippen molar-refractivity contribution in [2.75, 3.05) is 31.1 Å². The van der Waals surface area contributed by atoms with Crippen molar-refractivity contribution in [3.05, 3.63) is 65.7 Å². The summed E-state index contributed by atoms with van der Waals surface area (Å²) in [7, 11) is 0. The van der Waals surface area contributed by atoms with E-state index in [4.69, 9.17) is 11.6 Å². The number of anilines is 1. The predicted molar refractivity (Wildman–Crippen MR) is 98.7 cm³/mol. The second kappa shape index (κ2) is 7.13. The molecule has 1 fully saturated rings. The number of benzene rings is 1. The van der Waals surface area contributed by atoms with Crippen molar-refractivity contribution < 1.29 is 4.79 Å². The molecule has 7 nitrogen and oxygen atoms in total. The largest absolute Gasteiger partial charge is 0.353 e. The van der Waals surface area contributed by atoms with Crippen LogP contribution in [-0.2, 0) is 0 Å². The first kappa shape index (κ1) is 16.5. The average molecular weight is 369 g/mol. The summed E-state index contributed by atoms with van der Waals surface area (Å²) >= 11 is 5.99. The lowest BCUT2D eigenvalue weighted by atomic mass is 10.2. The third-order valence-electron chi connectivity index (χ3n) is 4.34. The molecule has 1 aromatic carbocycles. The van der Waals surface area contributed by atoms with E-state index in [2.05, 4.69) is 20.0 Å².